The van der Waals surface area contributed by atoms with Crippen LogP contribution in [0.2, 0.25) is 0 Å². The number of nitriles is 1. The van der Waals surface area contributed by atoms with Gasteiger partial charge in [-0.25, -0.2) is 14.1 Å². The van der Waals surface area contributed by atoms with Crippen LogP contribution in [0.3, 0.4) is 0 Å². The van der Waals surface area contributed by atoms with Crippen LogP contribution >= 0.6 is 11.3 Å². The van der Waals surface area contributed by atoms with Crippen molar-refractivity contribution in [3.63, 3.8) is 0 Å². The minimum absolute atomic E-state index is 0.113. The molecule has 0 aliphatic heterocycles. The minimum Gasteiger partial charge on any atom is -0.382 e. The summed E-state index contributed by atoms with van der Waals surface area (Å²) in [5, 5.41) is 19.6. The van der Waals surface area contributed by atoms with Gasteiger partial charge in [0.2, 0.25) is 5.91 Å². The lowest BCUT2D eigenvalue weighted by molar-refractivity contribution is -0.120. The third-order valence-corrected chi connectivity index (χ3v) is 6.22. The van der Waals surface area contributed by atoms with Crippen molar-refractivity contribution in [3.05, 3.63) is 82.2 Å². The van der Waals surface area contributed by atoms with Crippen molar-refractivity contribution < 1.29 is 9.18 Å². The molecule has 0 radical (unpaired) electrons. The highest BCUT2D eigenvalue weighted by Gasteiger charge is 2.16. The van der Waals surface area contributed by atoms with Crippen molar-refractivity contribution in [3.8, 4) is 22.3 Å². The Labute approximate surface area is 200 Å². The molecule has 0 atom stereocenters. The van der Waals surface area contributed by atoms with Crippen molar-refractivity contribution >= 4 is 23.1 Å². The van der Waals surface area contributed by atoms with Gasteiger partial charge in [0.05, 0.1) is 23.5 Å². The predicted molar refractivity (Wildman–Crippen MR) is 130 cm³/mol. The SMILES string of the molecule is Cc1ccc(-c2nc(CC(=O)NCCCc3nn(-c4ccc(F)cc4)c(N)c3C#N)cs2)cc1. The molecule has 4 aromatic rings. The van der Waals surface area contributed by atoms with Crippen LogP contribution in [0, 0.1) is 24.1 Å². The van der Waals surface area contributed by atoms with Gasteiger partial charge < -0.3 is 11.1 Å². The number of carbonyl (C=O) groups is 1. The number of aryl methyl sites for hydroxylation is 2. The fourth-order valence-electron chi connectivity index (χ4n) is 3.48. The number of hydrogen-bond acceptors (Lipinski definition) is 6. The number of nitrogens with zero attached hydrogens (tertiary/aromatic N) is 4. The second kappa shape index (κ2) is 10.3. The van der Waals surface area contributed by atoms with Crippen LogP contribution in [0.15, 0.2) is 53.9 Å². The number of hydrogen-bond donors (Lipinski definition) is 2. The number of halogens is 1. The first kappa shape index (κ1) is 23.1. The molecule has 0 aliphatic carbocycles. The number of benzene rings is 2. The van der Waals surface area contributed by atoms with Crippen LogP contribution in [-0.4, -0.2) is 27.2 Å². The fourth-order valence-corrected chi connectivity index (χ4v) is 4.31. The van der Waals surface area contributed by atoms with Crippen molar-refractivity contribution in [2.75, 3.05) is 12.3 Å². The molecule has 0 bridgehead atoms. The number of anilines is 1. The summed E-state index contributed by atoms with van der Waals surface area (Å²) in [6.07, 6.45) is 1.26. The molecule has 34 heavy (non-hydrogen) atoms. The van der Waals surface area contributed by atoms with E-state index in [1.54, 1.807) is 12.1 Å². The van der Waals surface area contributed by atoms with Crippen molar-refractivity contribution in [1.82, 2.24) is 20.1 Å². The van der Waals surface area contributed by atoms with Crippen LogP contribution in [0.25, 0.3) is 16.3 Å². The summed E-state index contributed by atoms with van der Waals surface area (Å²) in [5.41, 5.74) is 10.4. The maximum absolute atomic E-state index is 13.2. The first-order chi connectivity index (χ1) is 16.4. The van der Waals surface area contributed by atoms with E-state index in [1.165, 1.54) is 33.7 Å². The molecular formula is C25H23FN6OS. The number of aromatic nitrogens is 3. The van der Waals surface area contributed by atoms with Gasteiger partial charge in [-0.1, -0.05) is 29.8 Å². The monoisotopic (exact) mass is 474 g/mol. The number of nitrogens with two attached hydrogens (primary N) is 1. The number of thiazole rings is 1. The molecular weight excluding hydrogens is 451 g/mol. The van der Waals surface area contributed by atoms with Crippen LogP contribution in [0.1, 0.15) is 28.9 Å². The number of amides is 1. The van der Waals surface area contributed by atoms with Gasteiger partial charge in [-0.3, -0.25) is 4.79 Å². The molecule has 0 aliphatic rings. The maximum Gasteiger partial charge on any atom is 0.226 e. The van der Waals surface area contributed by atoms with Crippen molar-refractivity contribution in [2.45, 2.75) is 26.2 Å². The summed E-state index contributed by atoms with van der Waals surface area (Å²) < 4.78 is 14.6. The summed E-state index contributed by atoms with van der Waals surface area (Å²) in [7, 11) is 0. The Morgan fingerprint density at radius 3 is 2.65 bits per heavy atom. The lowest BCUT2D eigenvalue weighted by Crippen LogP contribution is -2.26. The minimum atomic E-state index is -0.366. The Morgan fingerprint density at radius 1 is 1.21 bits per heavy atom. The van der Waals surface area contributed by atoms with Gasteiger partial charge in [-0.05, 0) is 44.0 Å². The van der Waals surface area contributed by atoms with Crippen molar-refractivity contribution in [1.29, 1.82) is 5.26 Å². The van der Waals surface area contributed by atoms with Crippen LogP contribution in [-0.2, 0) is 17.6 Å². The average molecular weight is 475 g/mol. The molecule has 9 heteroatoms. The molecule has 2 aromatic carbocycles. The van der Waals surface area contributed by atoms with E-state index in [0.717, 1.165) is 16.3 Å². The molecule has 172 valence electrons. The lowest BCUT2D eigenvalue weighted by Gasteiger charge is -2.04. The number of nitrogens with one attached hydrogen (secondary N) is 1. The first-order valence-corrected chi connectivity index (χ1v) is 11.6. The highest BCUT2D eigenvalue weighted by Crippen LogP contribution is 2.24. The zero-order valence-electron chi connectivity index (χ0n) is 18.6. The fraction of sp³-hybridized carbons (Fsp3) is 0.200. The highest BCUT2D eigenvalue weighted by molar-refractivity contribution is 7.13. The van der Waals surface area contributed by atoms with E-state index < -0.39 is 0 Å². The van der Waals surface area contributed by atoms with Gasteiger partial charge in [-0.15, -0.1) is 11.3 Å². The van der Waals surface area contributed by atoms with Gasteiger partial charge >= 0.3 is 0 Å². The molecule has 2 heterocycles. The second-order valence-electron chi connectivity index (χ2n) is 7.85. The lowest BCUT2D eigenvalue weighted by atomic mass is 10.1. The molecule has 0 spiro atoms. The molecule has 0 saturated heterocycles. The van der Waals surface area contributed by atoms with Crippen LogP contribution in [0.4, 0.5) is 10.2 Å². The normalized spacial score (nSPS) is 10.7. The summed E-state index contributed by atoms with van der Waals surface area (Å²) >= 11 is 1.52. The Kier molecular flexibility index (Phi) is 6.99. The Bertz CT molecular complexity index is 1340. The van der Waals surface area contributed by atoms with Crippen LogP contribution < -0.4 is 11.1 Å². The predicted octanol–water partition coefficient (Wildman–Crippen LogP) is 4.19. The van der Waals surface area contributed by atoms with Crippen LogP contribution in [0.5, 0.6) is 0 Å². The molecule has 0 unspecified atom stereocenters. The summed E-state index contributed by atoms with van der Waals surface area (Å²) in [5.74, 6) is -0.270. The quantitative estimate of drug-likeness (QED) is 0.372. The third kappa shape index (κ3) is 5.30. The van der Waals surface area contributed by atoms with E-state index in [0.29, 0.717) is 36.3 Å². The Balaban J connectivity index is 1.30. The molecule has 0 fully saturated rings. The summed E-state index contributed by atoms with van der Waals surface area (Å²) in [6, 6.07) is 15.9. The van der Waals surface area contributed by atoms with Gasteiger partial charge in [0, 0.05) is 17.5 Å². The molecule has 7 nitrogen and oxygen atoms in total. The average Bonchev–Trinajstić information content (AvgIpc) is 3.42. The summed E-state index contributed by atoms with van der Waals surface area (Å²) in [4.78, 5) is 16.9. The van der Waals surface area contributed by atoms with Gasteiger partial charge in [-0.2, -0.15) is 10.4 Å². The maximum atomic E-state index is 13.2. The zero-order chi connectivity index (χ0) is 24.1. The largest absolute Gasteiger partial charge is 0.382 e. The zero-order valence-corrected chi connectivity index (χ0v) is 19.4. The van der Waals surface area contributed by atoms with E-state index in [4.69, 9.17) is 5.73 Å². The van der Waals surface area contributed by atoms with E-state index in [9.17, 15) is 14.4 Å². The third-order valence-electron chi connectivity index (χ3n) is 5.28. The Morgan fingerprint density at radius 2 is 1.94 bits per heavy atom. The van der Waals surface area contributed by atoms with E-state index in [-0.39, 0.29) is 24.0 Å². The number of carbonyl (C=O) groups excluding carboxylic acids is 1. The summed E-state index contributed by atoms with van der Waals surface area (Å²) in [6.45, 7) is 2.47. The molecule has 1 amide bonds. The van der Waals surface area contributed by atoms with E-state index in [2.05, 4.69) is 21.5 Å². The number of nitrogen functional groups attached to an aromatic ring is 1. The highest BCUT2D eigenvalue weighted by atomic mass is 32.1. The van der Waals surface area contributed by atoms with Crippen molar-refractivity contribution in [2.24, 2.45) is 0 Å². The smallest absolute Gasteiger partial charge is 0.226 e. The van der Waals surface area contributed by atoms with E-state index in [1.807, 2.05) is 36.6 Å². The molecule has 4 rings (SSSR count). The second-order valence-corrected chi connectivity index (χ2v) is 8.71. The van der Waals surface area contributed by atoms with Gasteiger partial charge in [0.1, 0.15) is 28.3 Å². The van der Waals surface area contributed by atoms with E-state index >= 15 is 0 Å². The molecule has 2 aromatic heterocycles. The Hall–Kier alpha value is -4.03. The van der Waals surface area contributed by atoms with Gasteiger partial charge in [0.25, 0.3) is 0 Å². The number of rotatable bonds is 8. The first-order valence-electron chi connectivity index (χ1n) is 10.8. The molecule has 3 N–H and O–H groups in total. The standard InChI is InChI=1S/C25H23FN6OS/c1-16-4-6-17(7-5-16)25-30-19(15-34-25)13-23(33)29-12-2-3-22-21(14-27)24(28)32(31-22)20-10-8-18(26)9-11-20/h4-11,15H,2-3,12-13,28H2,1H3,(H,29,33). The molecule has 0 saturated carbocycles. The van der Waals surface area contributed by atoms with Gasteiger partial charge in [0.15, 0.2) is 0 Å². The topological polar surface area (TPSA) is 110 Å².